The summed E-state index contributed by atoms with van der Waals surface area (Å²) in [5, 5.41) is 9.73. The molecule has 0 unspecified atom stereocenters. The highest BCUT2D eigenvalue weighted by atomic mass is 32.1. The number of unbranched alkanes of at least 4 members (excludes halogenated alkanes) is 4. The van der Waals surface area contributed by atoms with Crippen molar-refractivity contribution in [2.45, 2.75) is 142 Å². The molecule has 3 heterocycles. The zero-order chi connectivity index (χ0) is 63.0. The minimum absolute atomic E-state index is 0.0621. The molecule has 6 heteroatoms. The van der Waals surface area contributed by atoms with E-state index >= 15 is 0 Å². The fraction of sp³-hybridized carbons (Fsp3) is 0.256. The molecule has 2 aliphatic carbocycles. The number of nitrogens with zero attached hydrogens (tertiary/aromatic N) is 4. The molecule has 12 aromatic rings. The monoisotopic (exact) mass is 1240 g/mol. The van der Waals surface area contributed by atoms with Gasteiger partial charge in [-0.2, -0.15) is 0 Å². The highest BCUT2D eigenvalue weighted by molar-refractivity contribution is 7.25. The molecule has 0 amide bonds. The van der Waals surface area contributed by atoms with Crippen LogP contribution >= 0.6 is 22.7 Å². The number of thiophene rings is 2. The third-order valence-corrected chi connectivity index (χ3v) is 22.5. The summed E-state index contributed by atoms with van der Waals surface area (Å²) >= 11 is 3.88. The number of para-hydroxylation sites is 3. The Labute approximate surface area is 554 Å². The van der Waals surface area contributed by atoms with Crippen LogP contribution in [0.5, 0.6) is 0 Å². The predicted molar refractivity (Wildman–Crippen MR) is 394 cm³/mol. The van der Waals surface area contributed by atoms with E-state index < -0.39 is 0 Å². The summed E-state index contributed by atoms with van der Waals surface area (Å²) in [6, 6.07) is 89.2. The van der Waals surface area contributed by atoms with Crippen molar-refractivity contribution >= 4 is 39.7 Å². The maximum Gasteiger partial charge on any atom is 0.168 e. The van der Waals surface area contributed by atoms with Gasteiger partial charge in [0.15, 0.2) is 11.6 Å². The van der Waals surface area contributed by atoms with Crippen molar-refractivity contribution < 1.29 is 0 Å². The largest absolute Gasteiger partial charge is 0.310 e. The average molecular weight is 1240 g/mol. The number of rotatable bonds is 22. The van der Waals surface area contributed by atoms with Gasteiger partial charge in [-0.05, 0) is 194 Å². The molecular formula is C86H84N4S2. The Morgan fingerprint density at radius 2 is 0.707 bits per heavy atom. The van der Waals surface area contributed by atoms with E-state index in [1.807, 2.05) is 22.7 Å². The second-order valence-corrected chi connectivity index (χ2v) is 29.0. The Kier molecular flexibility index (Phi) is 17.1. The van der Waals surface area contributed by atoms with Gasteiger partial charge in [-0.1, -0.05) is 245 Å². The van der Waals surface area contributed by atoms with Crippen LogP contribution in [0, 0.1) is 0 Å². The van der Waals surface area contributed by atoms with Crippen molar-refractivity contribution in [3.05, 3.63) is 264 Å². The van der Waals surface area contributed by atoms with Crippen molar-refractivity contribution in [2.75, 3.05) is 4.90 Å². The van der Waals surface area contributed by atoms with Gasteiger partial charge in [0.25, 0.3) is 0 Å². The summed E-state index contributed by atoms with van der Waals surface area (Å²) in [4.78, 5) is 7.74. The molecule has 0 atom stereocenters. The molecule has 2 aliphatic rings. The molecule has 4 nitrogen and oxygen atoms in total. The second kappa shape index (κ2) is 25.8. The molecule has 0 fully saturated rings. The summed E-state index contributed by atoms with van der Waals surface area (Å²) in [6.45, 7) is 16.2. The van der Waals surface area contributed by atoms with Gasteiger partial charge < -0.3 is 4.90 Å². The first kappa shape index (κ1) is 60.9. The number of aromatic nitrogens is 3. The summed E-state index contributed by atoms with van der Waals surface area (Å²) in [5.41, 5.74) is 24.6. The van der Waals surface area contributed by atoms with E-state index in [0.717, 1.165) is 67.0 Å². The van der Waals surface area contributed by atoms with Gasteiger partial charge in [0, 0.05) is 64.2 Å². The molecule has 0 spiro atoms. The Bertz CT molecular complexity index is 4490. The van der Waals surface area contributed by atoms with Crippen LogP contribution in [0.15, 0.2) is 237 Å². The van der Waals surface area contributed by atoms with Gasteiger partial charge >= 0.3 is 0 Å². The smallest absolute Gasteiger partial charge is 0.168 e. The molecule has 14 rings (SSSR count). The van der Waals surface area contributed by atoms with Crippen molar-refractivity contribution in [3.63, 3.8) is 0 Å². The Hall–Kier alpha value is -8.68. The first-order valence-corrected chi connectivity index (χ1v) is 35.6. The fourth-order valence-electron chi connectivity index (χ4n) is 15.1. The minimum Gasteiger partial charge on any atom is -0.310 e. The molecular weight excluding hydrogens is 1150 g/mol. The summed E-state index contributed by atoms with van der Waals surface area (Å²) in [6.07, 6.45) is 14.0. The molecule has 0 aliphatic heterocycles. The summed E-state index contributed by atoms with van der Waals surface area (Å²) in [7, 11) is 0. The van der Waals surface area contributed by atoms with E-state index in [2.05, 4.69) is 295 Å². The Morgan fingerprint density at radius 3 is 1.14 bits per heavy atom. The molecule has 460 valence electrons. The molecule has 0 N–H and O–H groups in total. The molecule has 92 heavy (non-hydrogen) atoms. The van der Waals surface area contributed by atoms with E-state index in [4.69, 9.17) is 10.2 Å². The first-order valence-electron chi connectivity index (χ1n) is 33.9. The van der Waals surface area contributed by atoms with Crippen molar-refractivity contribution in [1.82, 2.24) is 14.8 Å². The number of hydrogen-bond donors (Lipinski definition) is 0. The maximum absolute atomic E-state index is 4.88. The normalized spacial score (nSPS) is 13.4. The molecule has 3 aromatic heterocycles. The van der Waals surface area contributed by atoms with E-state index in [1.54, 1.807) is 0 Å². The van der Waals surface area contributed by atoms with Crippen LogP contribution in [0.4, 0.5) is 17.1 Å². The maximum atomic E-state index is 4.88. The standard InChI is InChI=1S/C86H84N4S2/c1-8-12-51-85(52-13-9-2)74-55-62(59-31-33-60(34-32-59)82-87-88-83(90(82)68-29-23-18-24-30-68)61-35-40-65(41-36-61)84(5,6)7)37-43-70(74)71-44-38-63(56-75(71)85)78-47-49-80(91-78)81-50-48-79(92-81)64-39-45-72-73-46-42-69(89(66-25-19-16-20-26-66)67-27-21-17-22-28-67)58-77(73)86(53-14-10-3,54-15-11-4)76(72)57-64/h16-50,55-58H,8-15,51-54H2,1-7H3. The molecule has 0 saturated heterocycles. The van der Waals surface area contributed by atoms with E-state index in [9.17, 15) is 0 Å². The summed E-state index contributed by atoms with van der Waals surface area (Å²) in [5.74, 6) is 1.66. The van der Waals surface area contributed by atoms with Gasteiger partial charge in [0.2, 0.25) is 0 Å². The number of benzene rings is 9. The second-order valence-electron chi connectivity index (χ2n) is 26.8. The van der Waals surface area contributed by atoms with Gasteiger partial charge in [-0.3, -0.25) is 4.57 Å². The molecule has 0 bridgehead atoms. The van der Waals surface area contributed by atoms with Crippen LogP contribution in [0.1, 0.15) is 153 Å². The van der Waals surface area contributed by atoms with Gasteiger partial charge in [0.1, 0.15) is 0 Å². The lowest BCUT2D eigenvalue weighted by atomic mass is 9.70. The molecule has 0 saturated carbocycles. The van der Waals surface area contributed by atoms with Crippen LogP contribution in [-0.4, -0.2) is 14.8 Å². The predicted octanol–water partition coefficient (Wildman–Crippen LogP) is 25.5. The lowest BCUT2D eigenvalue weighted by Gasteiger charge is -2.34. The van der Waals surface area contributed by atoms with Gasteiger partial charge in [0.05, 0.1) is 0 Å². The molecule has 0 radical (unpaired) electrons. The summed E-state index contributed by atoms with van der Waals surface area (Å²) < 4.78 is 2.20. The lowest BCUT2D eigenvalue weighted by molar-refractivity contribution is 0.414. The highest BCUT2D eigenvalue weighted by Crippen LogP contribution is 2.59. The van der Waals surface area contributed by atoms with Gasteiger partial charge in [-0.15, -0.1) is 32.9 Å². The third-order valence-electron chi connectivity index (χ3n) is 20.0. The van der Waals surface area contributed by atoms with Crippen molar-refractivity contribution in [1.29, 1.82) is 0 Å². The quantitative estimate of drug-likeness (QED) is 0.0678. The van der Waals surface area contributed by atoms with E-state index in [1.165, 1.54) is 147 Å². The fourth-order valence-corrected chi connectivity index (χ4v) is 17.2. The SMILES string of the molecule is CCCCC1(CCCC)c2cc(-c3ccc(-c4nnc(-c5ccc(C(C)(C)C)cc5)n4-c4ccccc4)cc3)ccc2-c2ccc(-c3ccc(-c4ccc(-c5ccc6c(c5)C(CCCC)(CCCC)c5cc(N(c7ccccc7)c7ccccc7)ccc5-6)s4)s3)cc21. The zero-order valence-electron chi connectivity index (χ0n) is 54.6. The zero-order valence-corrected chi connectivity index (χ0v) is 56.2. The topological polar surface area (TPSA) is 34.0 Å². The van der Waals surface area contributed by atoms with Crippen molar-refractivity contribution in [3.8, 4) is 92.5 Å². The third kappa shape index (κ3) is 11.2. The van der Waals surface area contributed by atoms with Gasteiger partial charge in [-0.25, -0.2) is 0 Å². The van der Waals surface area contributed by atoms with E-state index in [-0.39, 0.29) is 16.2 Å². The Balaban J connectivity index is 0.760. The number of anilines is 3. The average Bonchev–Trinajstić information content (AvgIpc) is 1.57. The van der Waals surface area contributed by atoms with Crippen LogP contribution in [0.3, 0.4) is 0 Å². The minimum atomic E-state index is -0.0756. The molecule has 9 aromatic carbocycles. The van der Waals surface area contributed by atoms with Crippen LogP contribution < -0.4 is 4.90 Å². The highest BCUT2D eigenvalue weighted by Gasteiger charge is 2.44. The Morgan fingerprint density at radius 1 is 0.348 bits per heavy atom. The van der Waals surface area contributed by atoms with Crippen molar-refractivity contribution in [2.24, 2.45) is 0 Å². The first-order chi connectivity index (χ1) is 45.0. The van der Waals surface area contributed by atoms with Crippen LogP contribution in [0.25, 0.3) is 92.5 Å². The number of hydrogen-bond acceptors (Lipinski definition) is 5. The number of fused-ring (bicyclic) bond motifs is 6. The van der Waals surface area contributed by atoms with Crippen LogP contribution in [-0.2, 0) is 16.2 Å². The van der Waals surface area contributed by atoms with Crippen LogP contribution in [0.2, 0.25) is 0 Å². The lowest BCUT2D eigenvalue weighted by Crippen LogP contribution is -2.26. The van der Waals surface area contributed by atoms with E-state index in [0.29, 0.717) is 0 Å².